The minimum Gasteiger partial charge on any atom is -0.505 e. The molecule has 1 N–H and O–H groups in total. The Kier molecular flexibility index (Phi) is 3.12. The van der Waals surface area contributed by atoms with E-state index in [0.717, 1.165) is 5.39 Å². The molecule has 4 rings (SSSR count). The summed E-state index contributed by atoms with van der Waals surface area (Å²) < 4.78 is 5.57. The van der Waals surface area contributed by atoms with E-state index in [1.165, 1.54) is 0 Å². The van der Waals surface area contributed by atoms with Gasteiger partial charge in [-0.1, -0.05) is 24.3 Å². The minimum atomic E-state index is -0.259. The lowest BCUT2D eigenvalue weighted by Gasteiger charge is -2.29. The summed E-state index contributed by atoms with van der Waals surface area (Å²) in [7, 11) is 0. The van der Waals surface area contributed by atoms with Crippen LogP contribution in [0.1, 0.15) is 10.4 Å². The highest BCUT2D eigenvalue weighted by Gasteiger charge is 2.26. The van der Waals surface area contributed by atoms with E-state index in [1.54, 1.807) is 29.3 Å². The number of phenolic OH excluding ortho intramolecular Hbond substituents is 1. The van der Waals surface area contributed by atoms with Crippen molar-refractivity contribution in [3.05, 3.63) is 60.3 Å². The first kappa shape index (κ1) is 13.6. The first-order chi connectivity index (χ1) is 11.3. The predicted molar refractivity (Wildman–Crippen MR) is 87.0 cm³/mol. The van der Waals surface area contributed by atoms with Crippen molar-refractivity contribution in [2.45, 2.75) is 0 Å². The van der Waals surface area contributed by atoms with E-state index >= 15 is 0 Å². The molecule has 0 spiro atoms. The van der Waals surface area contributed by atoms with Gasteiger partial charge in [0.2, 0.25) is 0 Å². The molecule has 2 aromatic carbocycles. The fourth-order valence-corrected chi connectivity index (χ4v) is 2.83. The van der Waals surface area contributed by atoms with Gasteiger partial charge in [0, 0.05) is 11.6 Å². The van der Waals surface area contributed by atoms with E-state index in [4.69, 9.17) is 4.74 Å². The van der Waals surface area contributed by atoms with Crippen molar-refractivity contribution in [2.24, 2.45) is 0 Å². The lowest BCUT2D eigenvalue weighted by Crippen LogP contribution is -2.37. The number of carbonyl (C=O) groups excluding carboxylic acids is 1. The first-order valence-electron chi connectivity index (χ1n) is 7.36. The van der Waals surface area contributed by atoms with E-state index in [0.29, 0.717) is 30.1 Å². The zero-order chi connectivity index (χ0) is 15.8. The van der Waals surface area contributed by atoms with Gasteiger partial charge in [0.05, 0.1) is 17.8 Å². The third-order valence-electron chi connectivity index (χ3n) is 3.95. The predicted octanol–water partition coefficient (Wildman–Crippen LogP) is 2.98. The number of pyridine rings is 1. The van der Waals surface area contributed by atoms with Gasteiger partial charge in [0.25, 0.3) is 5.91 Å². The van der Waals surface area contributed by atoms with Gasteiger partial charge in [-0.3, -0.25) is 9.78 Å². The number of aromatic nitrogens is 1. The van der Waals surface area contributed by atoms with Crippen LogP contribution in [0.5, 0.6) is 11.5 Å². The van der Waals surface area contributed by atoms with Crippen molar-refractivity contribution in [3.63, 3.8) is 0 Å². The lowest BCUT2D eigenvalue weighted by molar-refractivity contribution is 0.0974. The second-order valence-electron chi connectivity index (χ2n) is 5.31. The topological polar surface area (TPSA) is 62.7 Å². The standard InChI is InChI=1S/C18H14N2O3/c21-17-13(8-7-12-4-3-9-19-16(12)17)18(22)20-10-11-23-15-6-2-1-5-14(15)20/h1-9,21H,10-11H2. The van der Waals surface area contributed by atoms with Crippen molar-refractivity contribution in [1.82, 2.24) is 4.98 Å². The van der Waals surface area contributed by atoms with Crippen LogP contribution in [-0.4, -0.2) is 29.1 Å². The third kappa shape index (κ3) is 2.17. The normalized spacial score (nSPS) is 13.5. The Morgan fingerprint density at radius 2 is 2.00 bits per heavy atom. The molecule has 1 aliphatic heterocycles. The Labute approximate surface area is 132 Å². The van der Waals surface area contributed by atoms with Crippen molar-refractivity contribution in [1.29, 1.82) is 0 Å². The monoisotopic (exact) mass is 306 g/mol. The number of fused-ring (bicyclic) bond motifs is 2. The maximum atomic E-state index is 12.9. The minimum absolute atomic E-state index is 0.0860. The van der Waals surface area contributed by atoms with Crippen LogP contribution in [0.2, 0.25) is 0 Å². The largest absolute Gasteiger partial charge is 0.505 e. The van der Waals surface area contributed by atoms with Crippen molar-refractivity contribution in [3.8, 4) is 11.5 Å². The molecule has 0 saturated heterocycles. The van der Waals surface area contributed by atoms with Gasteiger partial charge in [-0.25, -0.2) is 0 Å². The number of benzene rings is 2. The highest BCUT2D eigenvalue weighted by molar-refractivity contribution is 6.11. The molecule has 0 bridgehead atoms. The number of ether oxygens (including phenoxy) is 1. The van der Waals surface area contributed by atoms with Crippen molar-refractivity contribution < 1.29 is 14.6 Å². The zero-order valence-electron chi connectivity index (χ0n) is 12.3. The Morgan fingerprint density at radius 1 is 1.13 bits per heavy atom. The van der Waals surface area contributed by atoms with Gasteiger partial charge < -0.3 is 14.7 Å². The molecule has 3 aromatic rings. The van der Waals surface area contributed by atoms with Crippen molar-refractivity contribution in [2.75, 3.05) is 18.1 Å². The summed E-state index contributed by atoms with van der Waals surface area (Å²) in [5.41, 5.74) is 1.39. The smallest absolute Gasteiger partial charge is 0.262 e. The molecule has 0 atom stereocenters. The van der Waals surface area contributed by atoms with Crippen LogP contribution in [0.4, 0.5) is 5.69 Å². The van der Waals surface area contributed by atoms with Gasteiger partial charge >= 0.3 is 0 Å². The summed E-state index contributed by atoms with van der Waals surface area (Å²) in [5, 5.41) is 11.3. The molecule has 1 aromatic heterocycles. The van der Waals surface area contributed by atoms with Crippen LogP contribution < -0.4 is 9.64 Å². The summed E-state index contributed by atoms with van der Waals surface area (Å²) in [6.45, 7) is 0.866. The number of rotatable bonds is 1. The van der Waals surface area contributed by atoms with Gasteiger partial charge in [-0.15, -0.1) is 0 Å². The molecule has 0 saturated carbocycles. The van der Waals surface area contributed by atoms with Crippen molar-refractivity contribution >= 4 is 22.5 Å². The molecule has 114 valence electrons. The molecule has 0 aliphatic carbocycles. The number of phenols is 1. The Bertz CT molecular complexity index is 908. The number of anilines is 1. The SMILES string of the molecule is O=C(c1ccc2cccnc2c1O)N1CCOc2ccccc21. The average molecular weight is 306 g/mol. The molecule has 23 heavy (non-hydrogen) atoms. The summed E-state index contributed by atoms with van der Waals surface area (Å²) in [6.07, 6.45) is 1.60. The molecular weight excluding hydrogens is 292 g/mol. The van der Waals surface area contributed by atoms with Crippen LogP contribution in [0.3, 0.4) is 0 Å². The zero-order valence-corrected chi connectivity index (χ0v) is 12.3. The number of hydrogen-bond acceptors (Lipinski definition) is 4. The Balaban J connectivity index is 1.80. The molecule has 0 radical (unpaired) electrons. The third-order valence-corrected chi connectivity index (χ3v) is 3.95. The summed E-state index contributed by atoms with van der Waals surface area (Å²) in [5.74, 6) is 0.327. The molecule has 1 amide bonds. The number of para-hydroxylation sites is 2. The number of carbonyl (C=O) groups is 1. The molecule has 1 aliphatic rings. The number of hydrogen-bond donors (Lipinski definition) is 1. The average Bonchev–Trinajstić information content (AvgIpc) is 2.61. The first-order valence-corrected chi connectivity index (χ1v) is 7.36. The second kappa shape index (κ2) is 5.28. The van der Waals surface area contributed by atoms with Crippen LogP contribution in [0, 0.1) is 0 Å². The van der Waals surface area contributed by atoms with E-state index in [1.807, 2.05) is 30.3 Å². The maximum absolute atomic E-state index is 12.9. The van der Waals surface area contributed by atoms with E-state index < -0.39 is 0 Å². The Hall–Kier alpha value is -3.08. The second-order valence-corrected chi connectivity index (χ2v) is 5.31. The van der Waals surface area contributed by atoms with Crippen LogP contribution in [-0.2, 0) is 0 Å². The fourth-order valence-electron chi connectivity index (χ4n) is 2.83. The lowest BCUT2D eigenvalue weighted by atomic mass is 10.1. The number of nitrogens with zero attached hydrogens (tertiary/aromatic N) is 2. The van der Waals surface area contributed by atoms with E-state index in [-0.39, 0.29) is 17.2 Å². The van der Waals surface area contributed by atoms with Gasteiger partial charge in [-0.2, -0.15) is 0 Å². The highest BCUT2D eigenvalue weighted by Crippen LogP contribution is 2.34. The molecule has 0 unspecified atom stereocenters. The highest BCUT2D eigenvalue weighted by atomic mass is 16.5. The van der Waals surface area contributed by atoms with Crippen LogP contribution >= 0.6 is 0 Å². The summed E-state index contributed by atoms with van der Waals surface area (Å²) in [6, 6.07) is 14.5. The molecular formula is C18H14N2O3. The summed E-state index contributed by atoms with van der Waals surface area (Å²) in [4.78, 5) is 18.7. The number of amides is 1. The molecule has 2 heterocycles. The Morgan fingerprint density at radius 3 is 2.91 bits per heavy atom. The summed E-state index contributed by atoms with van der Waals surface area (Å²) >= 11 is 0. The van der Waals surface area contributed by atoms with Crippen LogP contribution in [0.15, 0.2) is 54.7 Å². The molecule has 5 nitrogen and oxygen atoms in total. The molecule has 0 fully saturated rings. The molecule has 5 heteroatoms. The number of aromatic hydroxyl groups is 1. The van der Waals surface area contributed by atoms with Gasteiger partial charge in [-0.05, 0) is 24.3 Å². The maximum Gasteiger partial charge on any atom is 0.262 e. The van der Waals surface area contributed by atoms with Crippen LogP contribution in [0.25, 0.3) is 10.9 Å². The fraction of sp³-hybridized carbons (Fsp3) is 0.111. The van der Waals surface area contributed by atoms with E-state index in [2.05, 4.69) is 4.98 Å². The quantitative estimate of drug-likeness (QED) is 0.751. The van der Waals surface area contributed by atoms with E-state index in [9.17, 15) is 9.90 Å². The van der Waals surface area contributed by atoms with Gasteiger partial charge in [0.15, 0.2) is 5.75 Å². The van der Waals surface area contributed by atoms with Gasteiger partial charge in [0.1, 0.15) is 17.9 Å².